The third-order valence-electron chi connectivity index (χ3n) is 2.92. The first-order valence-corrected chi connectivity index (χ1v) is 5.56. The van der Waals surface area contributed by atoms with Crippen LogP contribution in [-0.4, -0.2) is 24.9 Å². The molecule has 2 amide bonds. The summed E-state index contributed by atoms with van der Waals surface area (Å²) in [5.41, 5.74) is 12.9. The van der Waals surface area contributed by atoms with Crippen LogP contribution in [0.4, 0.5) is 5.69 Å². The molecule has 20 heavy (non-hydrogen) atoms. The van der Waals surface area contributed by atoms with Crippen molar-refractivity contribution in [1.82, 2.24) is 0 Å². The van der Waals surface area contributed by atoms with Crippen LogP contribution in [0.1, 0.15) is 22.3 Å². The van der Waals surface area contributed by atoms with Crippen molar-refractivity contribution in [1.29, 1.82) is 0 Å². The van der Waals surface area contributed by atoms with Crippen molar-refractivity contribution in [3.05, 3.63) is 29.3 Å². The molecule has 1 aromatic carbocycles. The summed E-state index contributed by atoms with van der Waals surface area (Å²) in [5.74, 6) is -0.487. The second-order valence-electron chi connectivity index (χ2n) is 4.04. The van der Waals surface area contributed by atoms with Crippen molar-refractivity contribution in [3.63, 3.8) is 0 Å². The quantitative estimate of drug-likeness (QED) is 0.867. The van der Waals surface area contributed by atoms with E-state index in [1.807, 2.05) is 6.07 Å². The van der Waals surface area contributed by atoms with E-state index in [2.05, 4.69) is 0 Å². The normalized spacial score (nSPS) is 11.6. The first-order valence-electron chi connectivity index (χ1n) is 5.56. The van der Waals surface area contributed by atoms with Crippen LogP contribution < -0.4 is 16.4 Å². The molecule has 0 fully saturated rings. The Balaban J connectivity index is 0. The lowest BCUT2D eigenvalue weighted by Gasteiger charge is -2.17. The van der Waals surface area contributed by atoms with Gasteiger partial charge in [-0.15, -0.1) is 37.2 Å². The van der Waals surface area contributed by atoms with Gasteiger partial charge in [0.1, 0.15) is 0 Å². The Hall–Kier alpha value is -1.01. The van der Waals surface area contributed by atoms with Gasteiger partial charge in [-0.2, -0.15) is 0 Å². The molecular weight excluding hydrogens is 325 g/mol. The molecule has 1 aromatic rings. The number of nitrogens with two attached hydrogens (primary N) is 2. The number of carbonyl (C=O) groups excluding carboxylic acids is 2. The molecule has 1 aliphatic heterocycles. The fourth-order valence-electron chi connectivity index (χ4n) is 2.05. The number of anilines is 1. The van der Waals surface area contributed by atoms with E-state index in [1.54, 1.807) is 17.0 Å². The summed E-state index contributed by atoms with van der Waals surface area (Å²) < 4.78 is 0. The molecule has 0 radical (unpaired) electrons. The van der Waals surface area contributed by atoms with E-state index in [-0.39, 0.29) is 43.1 Å². The molecule has 0 bridgehead atoms. The highest BCUT2D eigenvalue weighted by Crippen LogP contribution is 2.29. The molecule has 5 nitrogen and oxygen atoms in total. The number of benzene rings is 1. The van der Waals surface area contributed by atoms with Crippen LogP contribution in [0.5, 0.6) is 0 Å². The average Bonchev–Trinajstić information content (AvgIpc) is 2.71. The number of amides is 2. The average molecular weight is 343 g/mol. The van der Waals surface area contributed by atoms with E-state index in [9.17, 15) is 9.59 Å². The topological polar surface area (TPSA) is 89.4 Å². The van der Waals surface area contributed by atoms with Gasteiger partial charge in [0.2, 0.25) is 11.8 Å². The zero-order valence-corrected chi connectivity index (χ0v) is 13.2. The minimum atomic E-state index is -0.481. The van der Waals surface area contributed by atoms with Gasteiger partial charge in [0.05, 0.1) is 0 Å². The second kappa shape index (κ2) is 9.02. The van der Waals surface area contributed by atoms with Crippen LogP contribution in [0.2, 0.25) is 0 Å². The van der Waals surface area contributed by atoms with E-state index in [4.69, 9.17) is 11.5 Å². The lowest BCUT2D eigenvalue weighted by atomic mass is 10.1. The van der Waals surface area contributed by atoms with Crippen molar-refractivity contribution in [2.45, 2.75) is 12.8 Å². The fraction of sp³-hybridized carbons (Fsp3) is 0.333. The van der Waals surface area contributed by atoms with Gasteiger partial charge in [-0.3, -0.25) is 9.59 Å². The van der Waals surface area contributed by atoms with Gasteiger partial charge in [-0.25, -0.2) is 0 Å². The summed E-state index contributed by atoms with van der Waals surface area (Å²) in [7, 11) is 0. The van der Waals surface area contributed by atoms with Crippen LogP contribution in [0.3, 0.4) is 0 Å². The maximum atomic E-state index is 11.8. The van der Waals surface area contributed by atoms with Gasteiger partial charge in [0, 0.05) is 30.8 Å². The molecule has 0 saturated heterocycles. The Bertz CT molecular complexity index is 483. The monoisotopic (exact) mass is 341 g/mol. The van der Waals surface area contributed by atoms with Crippen molar-refractivity contribution in [2.75, 3.05) is 18.0 Å². The van der Waals surface area contributed by atoms with Gasteiger partial charge in [-0.1, -0.05) is 6.07 Å². The predicted octanol–water partition coefficient (Wildman–Crippen LogP) is 1.29. The number of hydrogen-bond donors (Lipinski definition) is 2. The molecule has 0 aromatic heterocycles. The van der Waals surface area contributed by atoms with Crippen LogP contribution in [0.25, 0.3) is 0 Å². The molecule has 0 aliphatic carbocycles. The summed E-state index contributed by atoms with van der Waals surface area (Å²) in [6.45, 7) is 0.983. The maximum Gasteiger partial charge on any atom is 0.248 e. The minimum absolute atomic E-state index is 0. The number of fused-ring (bicyclic) bond motifs is 1. The third kappa shape index (κ3) is 4.24. The Morgan fingerprint density at radius 1 is 1.20 bits per heavy atom. The number of halogens is 3. The van der Waals surface area contributed by atoms with Crippen molar-refractivity contribution in [3.8, 4) is 0 Å². The Labute approximate surface area is 136 Å². The van der Waals surface area contributed by atoms with E-state index in [1.165, 1.54) is 0 Å². The summed E-state index contributed by atoms with van der Waals surface area (Å²) in [5, 5.41) is 0. The van der Waals surface area contributed by atoms with Gasteiger partial charge in [0.15, 0.2) is 0 Å². The Morgan fingerprint density at radius 2 is 1.85 bits per heavy atom. The molecule has 2 rings (SSSR count). The molecule has 8 heteroatoms. The van der Waals surface area contributed by atoms with Crippen molar-refractivity contribution >= 4 is 54.7 Å². The lowest BCUT2D eigenvalue weighted by molar-refractivity contribution is -0.118. The predicted molar refractivity (Wildman–Crippen MR) is 86.4 cm³/mol. The number of carbonyl (C=O) groups is 2. The maximum absolute atomic E-state index is 11.8. The SMILES string of the molecule is Cl.Cl.Cl.NCCC(=O)N1CCc2ccc(C(N)=O)cc21. The summed E-state index contributed by atoms with van der Waals surface area (Å²) in [6, 6.07) is 5.22. The van der Waals surface area contributed by atoms with Crippen molar-refractivity contribution in [2.24, 2.45) is 11.5 Å². The fourth-order valence-corrected chi connectivity index (χ4v) is 2.05. The second-order valence-corrected chi connectivity index (χ2v) is 4.04. The van der Waals surface area contributed by atoms with Crippen LogP contribution >= 0.6 is 37.2 Å². The van der Waals surface area contributed by atoms with Crippen molar-refractivity contribution < 1.29 is 9.59 Å². The number of hydrogen-bond acceptors (Lipinski definition) is 3. The van der Waals surface area contributed by atoms with E-state index < -0.39 is 5.91 Å². The summed E-state index contributed by atoms with van der Waals surface area (Å²) >= 11 is 0. The lowest BCUT2D eigenvalue weighted by Crippen LogP contribution is -2.30. The number of rotatable bonds is 3. The van der Waals surface area contributed by atoms with Gasteiger partial charge in [-0.05, 0) is 24.1 Å². The third-order valence-corrected chi connectivity index (χ3v) is 2.92. The zero-order valence-electron chi connectivity index (χ0n) is 10.7. The number of primary amides is 1. The van der Waals surface area contributed by atoms with E-state index in [0.717, 1.165) is 17.7 Å². The standard InChI is InChI=1S/C12H15N3O2.3ClH/c13-5-3-11(16)15-6-4-8-1-2-9(12(14)17)7-10(8)15;;;/h1-2,7H,3-6,13H2,(H2,14,17);3*1H. The van der Waals surface area contributed by atoms with Gasteiger partial charge < -0.3 is 16.4 Å². The van der Waals surface area contributed by atoms with Crippen LogP contribution in [-0.2, 0) is 11.2 Å². The highest BCUT2D eigenvalue weighted by atomic mass is 35.5. The molecule has 4 N–H and O–H groups in total. The number of nitrogens with zero attached hydrogens (tertiary/aromatic N) is 1. The summed E-state index contributed by atoms with van der Waals surface area (Å²) in [6.07, 6.45) is 1.13. The Morgan fingerprint density at radius 3 is 2.40 bits per heavy atom. The van der Waals surface area contributed by atoms with Crippen LogP contribution in [0.15, 0.2) is 18.2 Å². The first-order chi connectivity index (χ1) is 8.13. The molecule has 1 heterocycles. The Kier molecular flexibility index (Phi) is 9.61. The van der Waals surface area contributed by atoms with E-state index in [0.29, 0.717) is 25.1 Å². The highest BCUT2D eigenvalue weighted by Gasteiger charge is 2.24. The molecule has 0 atom stereocenters. The smallest absolute Gasteiger partial charge is 0.248 e. The zero-order chi connectivity index (χ0) is 12.4. The summed E-state index contributed by atoms with van der Waals surface area (Å²) in [4.78, 5) is 24.6. The highest BCUT2D eigenvalue weighted by molar-refractivity contribution is 5.99. The minimum Gasteiger partial charge on any atom is -0.366 e. The van der Waals surface area contributed by atoms with Crippen LogP contribution in [0, 0.1) is 0 Å². The van der Waals surface area contributed by atoms with Gasteiger partial charge >= 0.3 is 0 Å². The van der Waals surface area contributed by atoms with Gasteiger partial charge in [0.25, 0.3) is 0 Å². The van der Waals surface area contributed by atoms with E-state index >= 15 is 0 Å². The molecular formula is C12H18Cl3N3O2. The molecule has 114 valence electrons. The molecule has 0 saturated carbocycles. The molecule has 1 aliphatic rings. The molecule has 0 unspecified atom stereocenters. The molecule has 0 spiro atoms. The largest absolute Gasteiger partial charge is 0.366 e. The first kappa shape index (κ1) is 21.3.